The summed E-state index contributed by atoms with van der Waals surface area (Å²) in [6, 6.07) is 3.85. The van der Waals surface area contributed by atoms with Gasteiger partial charge >= 0.3 is 0 Å². The van der Waals surface area contributed by atoms with Crippen molar-refractivity contribution < 1.29 is 0 Å². The molecule has 0 saturated carbocycles. The van der Waals surface area contributed by atoms with E-state index in [9.17, 15) is 0 Å². The predicted molar refractivity (Wildman–Crippen MR) is 77.7 cm³/mol. The Morgan fingerprint density at radius 3 is 2.95 bits per heavy atom. The first kappa shape index (κ1) is 12.6. The molecular weight excluding hydrogens is 280 g/mol. The van der Waals surface area contributed by atoms with Crippen LogP contribution in [-0.4, -0.2) is 19.5 Å². The minimum atomic E-state index is -0.151. The molecule has 0 aliphatic heterocycles. The lowest BCUT2D eigenvalue weighted by Gasteiger charge is -2.09. The summed E-state index contributed by atoms with van der Waals surface area (Å²) in [7, 11) is 0. The molecule has 3 aromatic rings. The molecule has 6 heteroatoms. The van der Waals surface area contributed by atoms with Crippen molar-refractivity contribution in [2.24, 2.45) is 0 Å². The maximum Gasteiger partial charge on any atom is 0.160 e. The van der Waals surface area contributed by atoms with Gasteiger partial charge < -0.3 is 4.57 Å². The summed E-state index contributed by atoms with van der Waals surface area (Å²) in [5.41, 5.74) is 4.67. The zero-order chi connectivity index (χ0) is 13.4. The normalized spacial score (nSPS) is 13.0. The maximum absolute atomic E-state index is 6.24. The molecule has 0 amide bonds. The van der Waals surface area contributed by atoms with Crippen LogP contribution in [0.4, 0.5) is 0 Å². The second-order valence-corrected chi connectivity index (χ2v) is 5.97. The molecule has 98 valence electrons. The van der Waals surface area contributed by atoms with E-state index in [4.69, 9.17) is 11.6 Å². The first-order valence-corrected chi connectivity index (χ1v) is 7.32. The number of pyridine rings is 1. The SMILES string of the molecule is Cc1ncsc1Cn1c(C(C)Cl)nc2cccnc21. The average Bonchev–Trinajstić information content (AvgIpc) is 2.95. The molecular formula is C13H13ClN4S. The van der Waals surface area contributed by atoms with Crippen LogP contribution < -0.4 is 0 Å². The van der Waals surface area contributed by atoms with Crippen LogP contribution in [0.15, 0.2) is 23.8 Å². The Labute approximate surface area is 120 Å². The van der Waals surface area contributed by atoms with Crippen molar-refractivity contribution >= 4 is 34.1 Å². The molecule has 0 aromatic carbocycles. The van der Waals surface area contributed by atoms with Crippen molar-refractivity contribution in [3.63, 3.8) is 0 Å². The Bertz CT molecular complexity index is 716. The van der Waals surface area contributed by atoms with Gasteiger partial charge in [-0.15, -0.1) is 22.9 Å². The lowest BCUT2D eigenvalue weighted by molar-refractivity contribution is 0.740. The largest absolute Gasteiger partial charge is 0.306 e. The number of halogens is 1. The number of thiazole rings is 1. The minimum absolute atomic E-state index is 0.151. The van der Waals surface area contributed by atoms with Gasteiger partial charge in [0.15, 0.2) is 5.65 Å². The Morgan fingerprint density at radius 2 is 2.26 bits per heavy atom. The van der Waals surface area contributed by atoms with Crippen LogP contribution in [0.5, 0.6) is 0 Å². The molecule has 0 saturated heterocycles. The number of rotatable bonds is 3. The first-order valence-electron chi connectivity index (χ1n) is 6.01. The number of hydrogen-bond donors (Lipinski definition) is 0. The van der Waals surface area contributed by atoms with E-state index in [2.05, 4.69) is 19.5 Å². The lowest BCUT2D eigenvalue weighted by atomic mass is 10.3. The zero-order valence-corrected chi connectivity index (χ0v) is 12.2. The fourth-order valence-corrected chi connectivity index (χ4v) is 2.99. The van der Waals surface area contributed by atoms with Crippen LogP contribution in [0.25, 0.3) is 11.2 Å². The highest BCUT2D eigenvalue weighted by atomic mass is 35.5. The van der Waals surface area contributed by atoms with Gasteiger partial charge in [-0.05, 0) is 26.0 Å². The number of aryl methyl sites for hydroxylation is 1. The summed E-state index contributed by atoms with van der Waals surface area (Å²) in [5.74, 6) is 0.850. The van der Waals surface area contributed by atoms with Crippen LogP contribution in [-0.2, 0) is 6.54 Å². The highest BCUT2D eigenvalue weighted by molar-refractivity contribution is 7.09. The predicted octanol–water partition coefficient (Wildman–Crippen LogP) is 3.54. The molecule has 3 heterocycles. The molecule has 0 aliphatic carbocycles. The Balaban J connectivity index is 2.15. The van der Waals surface area contributed by atoms with E-state index in [0.717, 1.165) is 29.2 Å². The monoisotopic (exact) mass is 292 g/mol. The van der Waals surface area contributed by atoms with E-state index in [0.29, 0.717) is 0 Å². The third kappa shape index (κ3) is 2.24. The van der Waals surface area contributed by atoms with Gasteiger partial charge in [-0.25, -0.2) is 15.0 Å². The summed E-state index contributed by atoms with van der Waals surface area (Å²) in [6.45, 7) is 4.66. The fraction of sp³-hybridized carbons (Fsp3) is 0.308. The van der Waals surface area contributed by atoms with Gasteiger partial charge in [-0.1, -0.05) is 0 Å². The molecule has 0 aliphatic rings. The molecule has 3 rings (SSSR count). The molecule has 1 atom stereocenters. The van der Waals surface area contributed by atoms with Gasteiger partial charge in [0, 0.05) is 11.1 Å². The maximum atomic E-state index is 6.24. The second kappa shape index (κ2) is 4.90. The fourth-order valence-electron chi connectivity index (χ4n) is 2.06. The van der Waals surface area contributed by atoms with Crippen LogP contribution >= 0.6 is 22.9 Å². The molecule has 3 aromatic heterocycles. The van der Waals surface area contributed by atoms with Crippen molar-refractivity contribution in [3.8, 4) is 0 Å². The summed E-state index contributed by atoms with van der Waals surface area (Å²) < 4.78 is 2.08. The smallest absolute Gasteiger partial charge is 0.160 e. The quantitative estimate of drug-likeness (QED) is 0.694. The van der Waals surface area contributed by atoms with E-state index >= 15 is 0 Å². The lowest BCUT2D eigenvalue weighted by Crippen LogP contribution is -2.06. The number of hydrogen-bond acceptors (Lipinski definition) is 4. The van der Waals surface area contributed by atoms with Crippen molar-refractivity contribution in [2.45, 2.75) is 25.8 Å². The number of alkyl halides is 1. The van der Waals surface area contributed by atoms with Gasteiger partial charge in [-0.3, -0.25) is 0 Å². The summed E-state index contributed by atoms with van der Waals surface area (Å²) in [6.07, 6.45) is 1.78. The highest BCUT2D eigenvalue weighted by Crippen LogP contribution is 2.25. The van der Waals surface area contributed by atoms with Gasteiger partial charge in [0.05, 0.1) is 23.1 Å². The molecule has 0 radical (unpaired) electrons. The van der Waals surface area contributed by atoms with Crippen molar-refractivity contribution in [2.75, 3.05) is 0 Å². The van der Waals surface area contributed by atoms with E-state index in [1.54, 1.807) is 17.5 Å². The number of fused-ring (bicyclic) bond motifs is 1. The number of nitrogens with zero attached hydrogens (tertiary/aromatic N) is 4. The highest BCUT2D eigenvalue weighted by Gasteiger charge is 2.17. The van der Waals surface area contributed by atoms with Crippen molar-refractivity contribution in [1.29, 1.82) is 0 Å². The van der Waals surface area contributed by atoms with Gasteiger partial charge in [0.2, 0.25) is 0 Å². The van der Waals surface area contributed by atoms with Crippen LogP contribution in [0, 0.1) is 6.92 Å². The molecule has 0 fully saturated rings. The molecule has 0 spiro atoms. The summed E-state index contributed by atoms with van der Waals surface area (Å²) in [5, 5.41) is -0.151. The average molecular weight is 293 g/mol. The third-order valence-corrected chi connectivity index (χ3v) is 4.15. The standard InChI is InChI=1S/C13H13ClN4S/c1-8(14)12-17-10-4-3-5-15-13(10)18(12)6-11-9(2)16-7-19-11/h3-5,7-8H,6H2,1-2H3. The minimum Gasteiger partial charge on any atom is -0.306 e. The van der Waals surface area contributed by atoms with Crippen LogP contribution in [0.2, 0.25) is 0 Å². The van der Waals surface area contributed by atoms with Crippen molar-refractivity contribution in [1.82, 2.24) is 19.5 Å². The number of imidazole rings is 1. The Hall–Kier alpha value is -1.46. The van der Waals surface area contributed by atoms with Gasteiger partial charge in [0.25, 0.3) is 0 Å². The van der Waals surface area contributed by atoms with Crippen molar-refractivity contribution in [3.05, 3.63) is 40.2 Å². The topological polar surface area (TPSA) is 43.6 Å². The van der Waals surface area contributed by atoms with E-state index < -0.39 is 0 Å². The van der Waals surface area contributed by atoms with Gasteiger partial charge in [0.1, 0.15) is 11.3 Å². The molecule has 0 N–H and O–H groups in total. The number of aromatic nitrogens is 4. The zero-order valence-electron chi connectivity index (χ0n) is 10.7. The van der Waals surface area contributed by atoms with Crippen LogP contribution in [0.3, 0.4) is 0 Å². The third-order valence-electron chi connectivity index (χ3n) is 3.04. The molecule has 1 unspecified atom stereocenters. The van der Waals surface area contributed by atoms with E-state index in [1.165, 1.54) is 4.88 Å². The van der Waals surface area contributed by atoms with E-state index in [-0.39, 0.29) is 5.38 Å². The summed E-state index contributed by atoms with van der Waals surface area (Å²) in [4.78, 5) is 14.5. The molecule has 4 nitrogen and oxygen atoms in total. The summed E-state index contributed by atoms with van der Waals surface area (Å²) >= 11 is 7.88. The molecule has 19 heavy (non-hydrogen) atoms. The second-order valence-electron chi connectivity index (χ2n) is 4.38. The Kier molecular flexibility index (Phi) is 3.24. The Morgan fingerprint density at radius 1 is 1.42 bits per heavy atom. The molecule has 0 bridgehead atoms. The van der Waals surface area contributed by atoms with Gasteiger partial charge in [-0.2, -0.15) is 0 Å². The first-order chi connectivity index (χ1) is 9.16. The van der Waals surface area contributed by atoms with Crippen LogP contribution in [0.1, 0.15) is 28.7 Å². The van der Waals surface area contributed by atoms with E-state index in [1.807, 2.05) is 31.5 Å².